The molecule has 0 aliphatic heterocycles. The van der Waals surface area contributed by atoms with Gasteiger partial charge in [0.1, 0.15) is 6.33 Å². The number of aromatic nitrogens is 2. The van der Waals surface area contributed by atoms with Gasteiger partial charge in [0.25, 0.3) is 5.91 Å². The third kappa shape index (κ3) is 4.28. The number of benzene rings is 1. The fraction of sp³-hybridized carbons (Fsp3) is 0.389. The Balaban J connectivity index is 2.08. The second kappa shape index (κ2) is 6.77. The quantitative estimate of drug-likeness (QED) is 0.943. The van der Waals surface area contributed by atoms with Crippen LogP contribution in [0.15, 0.2) is 36.8 Å². The highest BCUT2D eigenvalue weighted by Crippen LogP contribution is 2.22. The summed E-state index contributed by atoms with van der Waals surface area (Å²) >= 11 is 0. The molecule has 0 bridgehead atoms. The van der Waals surface area contributed by atoms with E-state index >= 15 is 0 Å². The molecule has 1 aromatic heterocycles. The van der Waals surface area contributed by atoms with E-state index in [1.165, 1.54) is 0 Å². The lowest BCUT2D eigenvalue weighted by atomic mass is 9.89. The molecule has 2 rings (SSSR count). The molecule has 1 amide bonds. The Kier molecular flexibility index (Phi) is 4.98. The van der Waals surface area contributed by atoms with Crippen molar-refractivity contribution >= 4 is 11.6 Å². The molecule has 0 saturated carbocycles. The van der Waals surface area contributed by atoms with Gasteiger partial charge in [0.2, 0.25) is 0 Å². The Morgan fingerprint density at radius 1 is 1.17 bits per heavy atom. The van der Waals surface area contributed by atoms with Gasteiger partial charge in [-0.25, -0.2) is 9.97 Å². The molecule has 122 valence electrons. The SMILES string of the molecule is CN(C)c1ccc(C(=O)NCc2cncnc2C(C)(C)C)cc1. The molecule has 23 heavy (non-hydrogen) atoms. The zero-order valence-corrected chi connectivity index (χ0v) is 14.4. The third-order valence-corrected chi connectivity index (χ3v) is 3.58. The molecule has 5 nitrogen and oxygen atoms in total. The molecule has 0 unspecified atom stereocenters. The standard InChI is InChI=1S/C18H24N4O/c1-18(2,3)16-14(10-19-12-21-16)11-20-17(23)13-6-8-15(9-7-13)22(4)5/h6-10,12H,11H2,1-5H3,(H,20,23). The third-order valence-electron chi connectivity index (χ3n) is 3.58. The number of amides is 1. The van der Waals surface area contributed by atoms with E-state index in [1.807, 2.05) is 43.3 Å². The number of anilines is 1. The number of hydrogen-bond donors (Lipinski definition) is 1. The minimum Gasteiger partial charge on any atom is -0.378 e. The summed E-state index contributed by atoms with van der Waals surface area (Å²) in [5, 5.41) is 2.94. The van der Waals surface area contributed by atoms with Gasteiger partial charge < -0.3 is 10.2 Å². The molecule has 1 heterocycles. The van der Waals surface area contributed by atoms with Crippen LogP contribution in [0.25, 0.3) is 0 Å². The Hall–Kier alpha value is -2.43. The van der Waals surface area contributed by atoms with E-state index in [9.17, 15) is 4.79 Å². The Labute approximate surface area is 137 Å². The van der Waals surface area contributed by atoms with Crippen LogP contribution >= 0.6 is 0 Å². The van der Waals surface area contributed by atoms with Crippen LogP contribution in [0.1, 0.15) is 42.4 Å². The number of nitrogens with one attached hydrogen (secondary N) is 1. The summed E-state index contributed by atoms with van der Waals surface area (Å²) in [4.78, 5) is 22.7. The minimum atomic E-state index is -0.0981. The maximum absolute atomic E-state index is 12.3. The Morgan fingerprint density at radius 2 is 1.83 bits per heavy atom. The van der Waals surface area contributed by atoms with Crippen molar-refractivity contribution in [1.82, 2.24) is 15.3 Å². The zero-order valence-electron chi connectivity index (χ0n) is 14.4. The molecule has 0 spiro atoms. The average molecular weight is 312 g/mol. The summed E-state index contributed by atoms with van der Waals surface area (Å²) in [7, 11) is 3.94. The Morgan fingerprint density at radius 3 is 2.39 bits per heavy atom. The molecular weight excluding hydrogens is 288 g/mol. The zero-order chi connectivity index (χ0) is 17.0. The van der Waals surface area contributed by atoms with Crippen LogP contribution in [0.5, 0.6) is 0 Å². The van der Waals surface area contributed by atoms with E-state index in [0.717, 1.165) is 16.9 Å². The molecule has 0 fully saturated rings. The van der Waals surface area contributed by atoms with Gasteiger partial charge in [-0.05, 0) is 24.3 Å². The summed E-state index contributed by atoms with van der Waals surface area (Å²) in [5.41, 5.74) is 3.52. The second-order valence-electron chi connectivity index (χ2n) is 6.77. The van der Waals surface area contributed by atoms with E-state index in [4.69, 9.17) is 0 Å². The fourth-order valence-corrected chi connectivity index (χ4v) is 2.35. The van der Waals surface area contributed by atoms with Crippen LogP contribution in [-0.2, 0) is 12.0 Å². The first-order chi connectivity index (χ1) is 10.8. The molecule has 0 saturated heterocycles. The summed E-state index contributed by atoms with van der Waals surface area (Å²) in [6.45, 7) is 6.71. The molecule has 0 aliphatic rings. The molecule has 1 aromatic carbocycles. The lowest BCUT2D eigenvalue weighted by molar-refractivity contribution is 0.0950. The van der Waals surface area contributed by atoms with Crippen LogP contribution in [-0.4, -0.2) is 30.0 Å². The lowest BCUT2D eigenvalue weighted by Crippen LogP contribution is -2.26. The van der Waals surface area contributed by atoms with E-state index in [-0.39, 0.29) is 11.3 Å². The summed E-state index contributed by atoms with van der Waals surface area (Å²) in [5.74, 6) is -0.0981. The van der Waals surface area contributed by atoms with Crippen LogP contribution in [0.2, 0.25) is 0 Å². The first kappa shape index (κ1) is 16.9. The summed E-state index contributed by atoms with van der Waals surface area (Å²) < 4.78 is 0. The first-order valence-corrected chi connectivity index (χ1v) is 7.64. The van der Waals surface area contributed by atoms with Gasteiger partial charge in [-0.15, -0.1) is 0 Å². The predicted molar refractivity (Wildman–Crippen MR) is 92.7 cm³/mol. The van der Waals surface area contributed by atoms with Gasteiger partial charge in [-0.2, -0.15) is 0 Å². The number of carbonyl (C=O) groups is 1. The van der Waals surface area contributed by atoms with Crippen molar-refractivity contribution in [3.05, 3.63) is 53.6 Å². The highest BCUT2D eigenvalue weighted by atomic mass is 16.1. The molecular formula is C18H24N4O. The van der Waals surface area contributed by atoms with E-state index in [0.29, 0.717) is 12.1 Å². The molecule has 0 aliphatic carbocycles. The molecule has 2 aromatic rings. The van der Waals surface area contributed by atoms with Gasteiger partial charge in [0, 0.05) is 49.1 Å². The van der Waals surface area contributed by atoms with Crippen LogP contribution in [0, 0.1) is 0 Å². The summed E-state index contributed by atoms with van der Waals surface area (Å²) in [6.07, 6.45) is 3.31. The minimum absolute atomic E-state index is 0.0869. The molecule has 5 heteroatoms. The highest BCUT2D eigenvalue weighted by Gasteiger charge is 2.20. The van der Waals surface area contributed by atoms with E-state index in [2.05, 4.69) is 36.1 Å². The van der Waals surface area contributed by atoms with Crippen LogP contribution < -0.4 is 10.2 Å². The first-order valence-electron chi connectivity index (χ1n) is 7.64. The Bertz CT molecular complexity index is 672. The van der Waals surface area contributed by atoms with E-state index < -0.39 is 0 Å². The van der Waals surface area contributed by atoms with Crippen molar-refractivity contribution < 1.29 is 4.79 Å². The van der Waals surface area contributed by atoms with Gasteiger partial charge in [0.15, 0.2) is 0 Å². The lowest BCUT2D eigenvalue weighted by Gasteiger charge is -2.21. The van der Waals surface area contributed by atoms with E-state index in [1.54, 1.807) is 12.5 Å². The number of rotatable bonds is 4. The maximum Gasteiger partial charge on any atom is 0.251 e. The van der Waals surface area contributed by atoms with Gasteiger partial charge >= 0.3 is 0 Å². The van der Waals surface area contributed by atoms with Gasteiger partial charge in [-0.1, -0.05) is 20.8 Å². The summed E-state index contributed by atoms with van der Waals surface area (Å²) in [6, 6.07) is 7.52. The highest BCUT2D eigenvalue weighted by molar-refractivity contribution is 5.94. The van der Waals surface area contributed by atoms with Gasteiger partial charge in [-0.3, -0.25) is 4.79 Å². The van der Waals surface area contributed by atoms with Crippen LogP contribution in [0.4, 0.5) is 5.69 Å². The molecule has 0 radical (unpaired) electrons. The normalized spacial score (nSPS) is 11.2. The van der Waals surface area contributed by atoms with Crippen molar-refractivity contribution in [2.45, 2.75) is 32.7 Å². The van der Waals surface area contributed by atoms with Gasteiger partial charge in [0.05, 0.1) is 5.69 Å². The predicted octanol–water partition coefficient (Wildman–Crippen LogP) is 2.77. The van der Waals surface area contributed by atoms with Crippen LogP contribution in [0.3, 0.4) is 0 Å². The largest absolute Gasteiger partial charge is 0.378 e. The average Bonchev–Trinajstić information content (AvgIpc) is 2.52. The number of nitrogens with zero attached hydrogens (tertiary/aromatic N) is 3. The van der Waals surface area contributed by atoms with Crippen molar-refractivity contribution in [3.8, 4) is 0 Å². The van der Waals surface area contributed by atoms with Crippen molar-refractivity contribution in [1.29, 1.82) is 0 Å². The molecule has 1 N–H and O–H groups in total. The van der Waals surface area contributed by atoms with Crippen molar-refractivity contribution in [2.24, 2.45) is 0 Å². The number of hydrogen-bond acceptors (Lipinski definition) is 4. The fourth-order valence-electron chi connectivity index (χ4n) is 2.35. The van der Waals surface area contributed by atoms with Crippen molar-refractivity contribution in [2.75, 3.05) is 19.0 Å². The smallest absolute Gasteiger partial charge is 0.251 e. The number of carbonyl (C=O) groups excluding carboxylic acids is 1. The second-order valence-corrected chi connectivity index (χ2v) is 6.77. The monoisotopic (exact) mass is 312 g/mol. The topological polar surface area (TPSA) is 58.1 Å². The maximum atomic E-state index is 12.3. The van der Waals surface area contributed by atoms with Crippen molar-refractivity contribution in [3.63, 3.8) is 0 Å². The molecule has 0 atom stereocenters.